The zero-order valence-corrected chi connectivity index (χ0v) is 38.2. The normalized spacial score (nSPS) is 15.7. The second-order valence-electron chi connectivity index (χ2n) is 15.4. The van der Waals surface area contributed by atoms with Gasteiger partial charge in [0, 0.05) is 12.8 Å². The molecule has 0 bridgehead atoms. The molecule has 11 nitrogen and oxygen atoms in total. The average Bonchev–Trinajstić information content (AvgIpc) is 3.19. The van der Waals surface area contributed by atoms with Gasteiger partial charge in [-0.25, -0.2) is 0 Å². The standard InChI is InChI=1S/C48H78NO10P/c1-6-8-10-12-14-15-16-17-18-19-20-21-22-23-24-26-32-38-47(52)56-42-46(43-58-60(54,55)57-41-40-49(3,4)5)59-48(53)39-33-37-45(51)36-31-28-27-30-35-44(50)34-29-25-13-11-9-7-2/h8,10,14-15,17-18,20-21,23-25,27-31,35-36,44-46,50-51H,6-7,9,11-13,16,19,22,26,32-34,37-43H2,1-5H3/b10-8-,15-14-,18-17-,21-20-,24-23-,28-27+,29-25-,35-30+,36-31-/t44-,45-,46+/m0/s1. The van der Waals surface area contributed by atoms with E-state index < -0.39 is 44.7 Å². The Kier molecular flexibility index (Phi) is 36.3. The predicted octanol–water partition coefficient (Wildman–Crippen LogP) is 9.66. The van der Waals surface area contributed by atoms with E-state index in [9.17, 15) is 29.3 Å². The number of carbonyl (C=O) groups excluding carboxylic acids is 2. The summed E-state index contributed by atoms with van der Waals surface area (Å²) in [6, 6.07) is 0. The van der Waals surface area contributed by atoms with Gasteiger partial charge < -0.3 is 38.1 Å². The van der Waals surface area contributed by atoms with Crippen LogP contribution in [0.4, 0.5) is 0 Å². The summed E-state index contributed by atoms with van der Waals surface area (Å²) in [6.07, 6.45) is 44.7. The topological polar surface area (TPSA) is 152 Å². The predicted molar refractivity (Wildman–Crippen MR) is 243 cm³/mol. The minimum Gasteiger partial charge on any atom is -0.756 e. The van der Waals surface area contributed by atoms with Crippen LogP contribution in [0, 0.1) is 0 Å². The Balaban J connectivity index is 4.75. The van der Waals surface area contributed by atoms with Crippen LogP contribution in [0.5, 0.6) is 0 Å². The van der Waals surface area contributed by atoms with Gasteiger partial charge in [-0.05, 0) is 77.0 Å². The van der Waals surface area contributed by atoms with Crippen LogP contribution in [0.15, 0.2) is 109 Å². The number of quaternary nitrogens is 1. The number of phosphoric ester groups is 1. The molecule has 0 heterocycles. The highest BCUT2D eigenvalue weighted by Crippen LogP contribution is 2.38. The largest absolute Gasteiger partial charge is 0.756 e. The Hall–Kier alpha value is -3.41. The van der Waals surface area contributed by atoms with Crippen LogP contribution in [-0.2, 0) is 32.7 Å². The van der Waals surface area contributed by atoms with Gasteiger partial charge in [0.2, 0.25) is 0 Å². The van der Waals surface area contributed by atoms with Crippen molar-refractivity contribution in [3.05, 3.63) is 109 Å². The molecule has 0 aromatic rings. The maximum atomic E-state index is 12.7. The Bertz CT molecular complexity index is 1420. The van der Waals surface area contributed by atoms with E-state index in [-0.39, 0.29) is 32.5 Å². The van der Waals surface area contributed by atoms with E-state index in [0.717, 1.165) is 44.9 Å². The van der Waals surface area contributed by atoms with Gasteiger partial charge in [-0.2, -0.15) is 0 Å². The third kappa shape index (κ3) is 41.3. The van der Waals surface area contributed by atoms with Gasteiger partial charge >= 0.3 is 11.9 Å². The van der Waals surface area contributed by atoms with Crippen molar-refractivity contribution < 1.29 is 52.3 Å². The number of aliphatic hydroxyl groups excluding tert-OH is 2. The highest BCUT2D eigenvalue weighted by atomic mass is 31.2. The first-order valence-electron chi connectivity index (χ1n) is 21.8. The summed E-state index contributed by atoms with van der Waals surface area (Å²) in [4.78, 5) is 37.5. The number of aliphatic hydroxyl groups is 2. The van der Waals surface area contributed by atoms with Crippen LogP contribution in [0.3, 0.4) is 0 Å². The molecule has 12 heteroatoms. The molecule has 340 valence electrons. The van der Waals surface area contributed by atoms with Crippen molar-refractivity contribution in [1.82, 2.24) is 0 Å². The van der Waals surface area contributed by atoms with Crippen molar-refractivity contribution in [3.8, 4) is 0 Å². The molecule has 0 aliphatic heterocycles. The minimum atomic E-state index is -4.72. The summed E-state index contributed by atoms with van der Waals surface area (Å²) < 4.78 is 33.6. The minimum absolute atomic E-state index is 0.0544. The number of nitrogens with zero attached hydrogens (tertiary/aromatic N) is 1. The van der Waals surface area contributed by atoms with Gasteiger partial charge in [-0.3, -0.25) is 14.2 Å². The summed E-state index contributed by atoms with van der Waals surface area (Å²) >= 11 is 0. The monoisotopic (exact) mass is 860 g/mol. The molecule has 2 N–H and O–H groups in total. The van der Waals surface area contributed by atoms with Gasteiger partial charge in [0.1, 0.15) is 19.8 Å². The maximum absolute atomic E-state index is 12.7. The molecule has 0 aromatic carbocycles. The van der Waals surface area contributed by atoms with Crippen LogP contribution in [0.1, 0.15) is 117 Å². The summed E-state index contributed by atoms with van der Waals surface area (Å²) in [5.41, 5.74) is 0. The van der Waals surface area contributed by atoms with Gasteiger partial charge in [0.15, 0.2) is 6.10 Å². The lowest BCUT2D eigenvalue weighted by atomic mass is 10.1. The van der Waals surface area contributed by atoms with Crippen molar-refractivity contribution in [2.75, 3.05) is 47.5 Å². The van der Waals surface area contributed by atoms with E-state index in [1.807, 2.05) is 39.4 Å². The first-order valence-corrected chi connectivity index (χ1v) is 23.3. The zero-order chi connectivity index (χ0) is 44.6. The number of hydrogen-bond donors (Lipinski definition) is 2. The van der Waals surface area contributed by atoms with Crippen LogP contribution in [0.2, 0.25) is 0 Å². The lowest BCUT2D eigenvalue weighted by molar-refractivity contribution is -0.870. The maximum Gasteiger partial charge on any atom is 0.306 e. The van der Waals surface area contributed by atoms with Crippen molar-refractivity contribution in [2.45, 2.75) is 135 Å². The van der Waals surface area contributed by atoms with E-state index in [2.05, 4.69) is 68.5 Å². The third-order valence-corrected chi connectivity index (χ3v) is 9.43. The molecule has 0 aliphatic rings. The van der Waals surface area contributed by atoms with Crippen LogP contribution >= 0.6 is 7.82 Å². The molecule has 0 radical (unpaired) electrons. The number of ether oxygens (including phenoxy) is 2. The van der Waals surface area contributed by atoms with Gasteiger partial charge in [-0.1, -0.05) is 136 Å². The number of esters is 2. The average molecular weight is 860 g/mol. The van der Waals surface area contributed by atoms with Gasteiger partial charge in [-0.15, -0.1) is 0 Å². The molecule has 1 unspecified atom stereocenters. The van der Waals surface area contributed by atoms with E-state index in [1.54, 1.807) is 36.5 Å². The number of carbonyl (C=O) groups is 2. The molecule has 0 amide bonds. The second-order valence-corrected chi connectivity index (χ2v) is 16.8. The van der Waals surface area contributed by atoms with E-state index in [1.165, 1.54) is 12.8 Å². The smallest absolute Gasteiger partial charge is 0.306 e. The number of phosphoric acid groups is 1. The molecule has 0 fully saturated rings. The fourth-order valence-electron chi connectivity index (χ4n) is 5.00. The molecule has 0 rings (SSSR count). The first kappa shape index (κ1) is 56.6. The zero-order valence-electron chi connectivity index (χ0n) is 37.3. The number of hydrogen-bond acceptors (Lipinski definition) is 10. The first-order chi connectivity index (χ1) is 28.8. The fraction of sp³-hybridized carbons (Fsp3) is 0.583. The number of allylic oxidation sites excluding steroid dienone is 15. The summed E-state index contributed by atoms with van der Waals surface area (Å²) in [6.45, 7) is 3.66. The molecule has 60 heavy (non-hydrogen) atoms. The third-order valence-electron chi connectivity index (χ3n) is 8.47. The van der Waals surface area contributed by atoms with Crippen LogP contribution < -0.4 is 4.89 Å². The number of unbranched alkanes of at least 4 members (excludes halogenated alkanes) is 4. The van der Waals surface area contributed by atoms with E-state index in [0.29, 0.717) is 36.7 Å². The molecule has 4 atom stereocenters. The van der Waals surface area contributed by atoms with Crippen LogP contribution in [-0.4, -0.2) is 92.5 Å². The Morgan fingerprint density at radius 1 is 0.650 bits per heavy atom. The number of rotatable bonds is 37. The Morgan fingerprint density at radius 2 is 1.20 bits per heavy atom. The Morgan fingerprint density at radius 3 is 1.80 bits per heavy atom. The van der Waals surface area contributed by atoms with Crippen molar-refractivity contribution in [2.24, 2.45) is 0 Å². The van der Waals surface area contributed by atoms with Gasteiger partial charge in [0.05, 0.1) is 40.0 Å². The summed E-state index contributed by atoms with van der Waals surface area (Å²) in [5, 5.41) is 20.4. The Labute approximate surface area is 362 Å². The molecule has 0 aromatic heterocycles. The molecule has 0 aliphatic carbocycles. The molecular weight excluding hydrogens is 781 g/mol. The van der Waals surface area contributed by atoms with Crippen LogP contribution in [0.25, 0.3) is 0 Å². The lowest BCUT2D eigenvalue weighted by Crippen LogP contribution is -2.37. The van der Waals surface area contributed by atoms with Gasteiger partial charge in [0.25, 0.3) is 7.82 Å². The second kappa shape index (κ2) is 38.5. The number of likely N-dealkylation sites (N-methyl/N-ethyl adjacent to an activating group) is 1. The molecule has 0 saturated carbocycles. The van der Waals surface area contributed by atoms with E-state index >= 15 is 0 Å². The van der Waals surface area contributed by atoms with Crippen molar-refractivity contribution in [3.63, 3.8) is 0 Å². The van der Waals surface area contributed by atoms with Crippen molar-refractivity contribution >= 4 is 19.8 Å². The SMILES string of the molecule is CC/C=C\C/C=C\C/C=C\C/C=C\C/C=C\CCCC(=O)OC[C@H](COP(=O)([O-])OCC[N+](C)(C)C)OC(=O)CCC[C@@H](O)\C=C/C=C/C=C/[C@@H](O)C/C=C\CCCCC. The lowest BCUT2D eigenvalue weighted by Gasteiger charge is -2.28. The molecular formula is C48H78NO10P. The quantitative estimate of drug-likeness (QED) is 0.0154. The highest BCUT2D eigenvalue weighted by molar-refractivity contribution is 7.45. The van der Waals surface area contributed by atoms with Crippen molar-refractivity contribution in [1.29, 1.82) is 0 Å². The molecule has 0 saturated heterocycles. The summed E-state index contributed by atoms with van der Waals surface area (Å²) in [7, 11) is 0.957. The summed E-state index contributed by atoms with van der Waals surface area (Å²) in [5.74, 6) is -1.16. The molecule has 0 spiro atoms. The highest BCUT2D eigenvalue weighted by Gasteiger charge is 2.22. The van der Waals surface area contributed by atoms with E-state index in [4.69, 9.17) is 18.5 Å². The fourth-order valence-corrected chi connectivity index (χ4v) is 5.73.